The van der Waals surface area contributed by atoms with Crippen molar-refractivity contribution in [2.24, 2.45) is 0 Å². The van der Waals surface area contributed by atoms with Crippen molar-refractivity contribution in [3.05, 3.63) is 35.5 Å². The van der Waals surface area contributed by atoms with Crippen LogP contribution in [0.4, 0.5) is 0 Å². The summed E-state index contributed by atoms with van der Waals surface area (Å²) in [6, 6.07) is 5.25. The molecule has 1 unspecified atom stereocenters. The summed E-state index contributed by atoms with van der Waals surface area (Å²) in [6.45, 7) is 3.05. The van der Waals surface area contributed by atoms with Crippen LogP contribution in [0.3, 0.4) is 0 Å². The Hall–Kier alpha value is -2.14. The van der Waals surface area contributed by atoms with Crippen LogP contribution < -0.4 is 5.32 Å². The Morgan fingerprint density at radius 2 is 2.43 bits per heavy atom. The largest absolute Gasteiger partial charge is 0.505 e. The summed E-state index contributed by atoms with van der Waals surface area (Å²) >= 11 is 0. The van der Waals surface area contributed by atoms with Gasteiger partial charge in [-0.25, -0.2) is 0 Å². The Balaban J connectivity index is 1.88. The quantitative estimate of drug-likeness (QED) is 0.907. The van der Waals surface area contributed by atoms with Gasteiger partial charge in [-0.3, -0.25) is 9.78 Å². The zero-order valence-corrected chi connectivity index (χ0v) is 11.9. The minimum absolute atomic E-state index is 0.108. The maximum atomic E-state index is 12.4. The minimum Gasteiger partial charge on any atom is -0.505 e. The zero-order valence-electron chi connectivity index (χ0n) is 11.9. The van der Waals surface area contributed by atoms with Crippen LogP contribution in [0.5, 0.6) is 5.75 Å². The van der Waals surface area contributed by atoms with Crippen LogP contribution in [0.2, 0.25) is 0 Å². The van der Waals surface area contributed by atoms with Gasteiger partial charge in [0.05, 0.1) is 6.10 Å². The molecule has 0 bridgehead atoms. The van der Waals surface area contributed by atoms with Gasteiger partial charge < -0.3 is 15.2 Å². The maximum Gasteiger partial charge on any atom is 0.252 e. The number of ether oxygens (including phenoxy) is 1. The van der Waals surface area contributed by atoms with Gasteiger partial charge in [0, 0.05) is 30.3 Å². The average Bonchev–Trinajstić information content (AvgIpc) is 3.02. The third-order valence-corrected chi connectivity index (χ3v) is 3.82. The van der Waals surface area contributed by atoms with Crippen LogP contribution in [-0.4, -0.2) is 35.3 Å². The number of carbonyl (C=O) groups is 1. The summed E-state index contributed by atoms with van der Waals surface area (Å²) in [5, 5.41) is 13.6. The van der Waals surface area contributed by atoms with E-state index in [-0.39, 0.29) is 17.8 Å². The van der Waals surface area contributed by atoms with Crippen molar-refractivity contribution >= 4 is 16.8 Å². The molecule has 1 aromatic carbocycles. The van der Waals surface area contributed by atoms with Gasteiger partial charge in [0.15, 0.2) is 0 Å². The van der Waals surface area contributed by atoms with Crippen LogP contribution >= 0.6 is 0 Å². The number of carbonyl (C=O) groups excluding carboxylic acids is 1. The molecule has 1 atom stereocenters. The van der Waals surface area contributed by atoms with E-state index in [1.807, 2.05) is 0 Å². The molecule has 0 saturated carbocycles. The minimum atomic E-state index is -0.161. The number of aromatic hydroxyl groups is 1. The molecule has 3 rings (SSSR count). The molecule has 0 radical (unpaired) electrons. The first-order valence-corrected chi connectivity index (χ1v) is 7.14. The van der Waals surface area contributed by atoms with E-state index in [1.165, 1.54) is 0 Å². The number of rotatable bonds is 3. The normalized spacial score (nSPS) is 18.0. The lowest BCUT2D eigenvalue weighted by atomic mass is 10.0. The van der Waals surface area contributed by atoms with Crippen LogP contribution in [0.15, 0.2) is 24.4 Å². The van der Waals surface area contributed by atoms with Crippen LogP contribution in [0.1, 0.15) is 28.8 Å². The fourth-order valence-electron chi connectivity index (χ4n) is 2.66. The Bertz CT molecular complexity index is 679. The topological polar surface area (TPSA) is 71.5 Å². The molecule has 0 aliphatic carbocycles. The predicted octanol–water partition coefficient (Wildman–Crippen LogP) is 2.16. The van der Waals surface area contributed by atoms with Gasteiger partial charge in [0.2, 0.25) is 0 Å². The number of fused-ring (bicyclic) bond motifs is 1. The second kappa shape index (κ2) is 5.69. The predicted molar refractivity (Wildman–Crippen MR) is 79.5 cm³/mol. The number of aryl methyl sites for hydroxylation is 1. The Labute approximate surface area is 123 Å². The van der Waals surface area contributed by atoms with Crippen molar-refractivity contribution < 1.29 is 14.6 Å². The second-order valence-corrected chi connectivity index (χ2v) is 5.33. The number of nitrogens with one attached hydrogen (secondary N) is 1. The SMILES string of the molecule is Cc1cc(C(=O)NCC2CCCO2)c2cccnc2c1O. The molecule has 1 aromatic heterocycles. The number of phenolic OH excluding ortho intramolecular Hbond substituents is 1. The van der Waals surface area contributed by atoms with Crippen molar-refractivity contribution in [1.82, 2.24) is 10.3 Å². The fourth-order valence-corrected chi connectivity index (χ4v) is 2.66. The number of hydrogen-bond acceptors (Lipinski definition) is 4. The molecular formula is C16H18N2O3. The monoisotopic (exact) mass is 286 g/mol. The summed E-state index contributed by atoms with van der Waals surface area (Å²) < 4.78 is 5.50. The van der Waals surface area contributed by atoms with E-state index in [0.717, 1.165) is 19.4 Å². The standard InChI is InChI=1S/C16H18N2O3/c1-10-8-13(12-5-2-6-17-14(12)15(10)19)16(20)18-9-11-4-3-7-21-11/h2,5-6,8,11,19H,3-4,7,9H2,1H3,(H,18,20). The number of nitrogens with zero attached hydrogens (tertiary/aromatic N) is 1. The summed E-state index contributed by atoms with van der Waals surface area (Å²) in [6.07, 6.45) is 3.75. The molecule has 1 aliphatic heterocycles. The molecule has 0 spiro atoms. The van der Waals surface area contributed by atoms with Crippen LogP contribution in [-0.2, 0) is 4.74 Å². The van der Waals surface area contributed by atoms with E-state index in [0.29, 0.717) is 28.6 Å². The summed E-state index contributed by atoms with van der Waals surface area (Å²) in [5.41, 5.74) is 1.63. The maximum absolute atomic E-state index is 12.4. The first-order valence-electron chi connectivity index (χ1n) is 7.14. The fraction of sp³-hybridized carbons (Fsp3) is 0.375. The highest BCUT2D eigenvalue weighted by atomic mass is 16.5. The van der Waals surface area contributed by atoms with Gasteiger partial charge in [-0.1, -0.05) is 6.07 Å². The average molecular weight is 286 g/mol. The highest BCUT2D eigenvalue weighted by Crippen LogP contribution is 2.29. The first kappa shape index (κ1) is 13.8. The second-order valence-electron chi connectivity index (χ2n) is 5.33. The van der Waals surface area contributed by atoms with Crippen molar-refractivity contribution in [3.8, 4) is 5.75 Å². The lowest BCUT2D eigenvalue weighted by Crippen LogP contribution is -2.31. The first-order chi connectivity index (χ1) is 10.2. The highest BCUT2D eigenvalue weighted by molar-refractivity contribution is 6.08. The molecule has 1 fully saturated rings. The number of amides is 1. The number of pyridine rings is 1. The van der Waals surface area contributed by atoms with Gasteiger partial charge in [-0.15, -0.1) is 0 Å². The third kappa shape index (κ3) is 2.69. The van der Waals surface area contributed by atoms with E-state index >= 15 is 0 Å². The number of benzene rings is 1. The molecule has 2 heterocycles. The highest BCUT2D eigenvalue weighted by Gasteiger charge is 2.19. The third-order valence-electron chi connectivity index (χ3n) is 3.82. The van der Waals surface area contributed by atoms with Crippen LogP contribution in [0.25, 0.3) is 10.9 Å². The van der Waals surface area contributed by atoms with Crippen molar-refractivity contribution in [3.63, 3.8) is 0 Å². The van der Waals surface area contributed by atoms with Gasteiger partial charge >= 0.3 is 0 Å². The molecule has 2 N–H and O–H groups in total. The number of hydrogen-bond donors (Lipinski definition) is 2. The smallest absolute Gasteiger partial charge is 0.252 e. The Morgan fingerprint density at radius 3 is 3.19 bits per heavy atom. The summed E-state index contributed by atoms with van der Waals surface area (Å²) in [4.78, 5) is 16.6. The van der Waals surface area contributed by atoms with E-state index in [2.05, 4.69) is 10.3 Å². The van der Waals surface area contributed by atoms with Gasteiger partial charge in [-0.05, 0) is 37.5 Å². The van der Waals surface area contributed by atoms with E-state index in [4.69, 9.17) is 4.74 Å². The molecule has 1 aliphatic rings. The lowest BCUT2D eigenvalue weighted by Gasteiger charge is -2.13. The lowest BCUT2D eigenvalue weighted by molar-refractivity contribution is 0.0859. The van der Waals surface area contributed by atoms with Crippen molar-refractivity contribution in [2.75, 3.05) is 13.2 Å². The molecule has 5 nitrogen and oxygen atoms in total. The molecule has 2 aromatic rings. The Morgan fingerprint density at radius 1 is 1.57 bits per heavy atom. The number of phenols is 1. The molecule has 110 valence electrons. The van der Waals surface area contributed by atoms with E-state index in [1.54, 1.807) is 31.3 Å². The van der Waals surface area contributed by atoms with Crippen molar-refractivity contribution in [1.29, 1.82) is 0 Å². The van der Waals surface area contributed by atoms with E-state index < -0.39 is 0 Å². The van der Waals surface area contributed by atoms with Crippen LogP contribution in [0, 0.1) is 6.92 Å². The van der Waals surface area contributed by atoms with Gasteiger partial charge in [0.1, 0.15) is 11.3 Å². The molecule has 21 heavy (non-hydrogen) atoms. The van der Waals surface area contributed by atoms with Gasteiger partial charge in [0.25, 0.3) is 5.91 Å². The Kier molecular flexibility index (Phi) is 3.75. The number of aromatic nitrogens is 1. The molecular weight excluding hydrogens is 268 g/mol. The molecule has 1 saturated heterocycles. The van der Waals surface area contributed by atoms with Gasteiger partial charge in [-0.2, -0.15) is 0 Å². The zero-order chi connectivity index (χ0) is 14.8. The molecule has 5 heteroatoms. The summed E-state index contributed by atoms with van der Waals surface area (Å²) in [5.74, 6) is -0.0344. The van der Waals surface area contributed by atoms with Crippen molar-refractivity contribution in [2.45, 2.75) is 25.9 Å². The summed E-state index contributed by atoms with van der Waals surface area (Å²) in [7, 11) is 0. The molecule has 1 amide bonds. The van der Waals surface area contributed by atoms with E-state index in [9.17, 15) is 9.90 Å².